The first-order valence-electron chi connectivity index (χ1n) is 8.50. The van der Waals surface area contributed by atoms with Gasteiger partial charge in [-0.3, -0.25) is 0 Å². The molecule has 0 bridgehead atoms. The highest BCUT2D eigenvalue weighted by atomic mass is 127. The normalized spacial score (nSPS) is 10.6. The molecule has 0 amide bonds. The van der Waals surface area contributed by atoms with E-state index in [2.05, 4.69) is 23.7 Å². The fraction of sp³-hybridized carbons (Fsp3) is 0.526. The Hall–Kier alpha value is -1.64. The molecule has 0 fully saturated rings. The number of allylic oxidation sites excluding steroid dienone is 1. The van der Waals surface area contributed by atoms with E-state index in [0.29, 0.717) is 23.8 Å². The fourth-order valence-electron chi connectivity index (χ4n) is 2.44. The van der Waals surface area contributed by atoms with Crippen molar-refractivity contribution in [1.29, 1.82) is 0 Å². The zero-order chi connectivity index (χ0) is 18.7. The zero-order valence-corrected chi connectivity index (χ0v) is 18.8. The van der Waals surface area contributed by atoms with Crippen LogP contribution in [0.1, 0.15) is 25.3 Å². The molecule has 148 valence electrons. The van der Waals surface area contributed by atoms with Crippen LogP contribution in [0.4, 0.5) is 0 Å². The summed E-state index contributed by atoms with van der Waals surface area (Å²) in [5.74, 6) is 2.94. The second-order valence-corrected chi connectivity index (χ2v) is 5.53. The molecule has 6 nitrogen and oxygen atoms in total. The third kappa shape index (κ3) is 7.31. The standard InChI is InChI=1S/C19H31N3O3.HI/c1-7-9-10-11-22(3)19(20-8-2)21-14-16-17(24-5)12-15(23-4)13-18(16)25-6;/h7,12-13H,1,8-11,14H2,2-6H3,(H,20,21);1H. The largest absolute Gasteiger partial charge is 0.496 e. The van der Waals surface area contributed by atoms with E-state index in [0.717, 1.165) is 37.5 Å². The maximum absolute atomic E-state index is 5.49. The molecular formula is C19H32IN3O3. The number of rotatable bonds is 10. The third-order valence-corrected chi connectivity index (χ3v) is 3.80. The molecule has 1 rings (SSSR count). The Labute approximate surface area is 174 Å². The van der Waals surface area contributed by atoms with Gasteiger partial charge in [-0.15, -0.1) is 30.6 Å². The Morgan fingerprint density at radius 1 is 1.19 bits per heavy atom. The first-order valence-corrected chi connectivity index (χ1v) is 8.50. The van der Waals surface area contributed by atoms with Crippen LogP contribution in [0.5, 0.6) is 17.2 Å². The minimum atomic E-state index is 0. The lowest BCUT2D eigenvalue weighted by molar-refractivity contribution is 0.368. The molecule has 26 heavy (non-hydrogen) atoms. The van der Waals surface area contributed by atoms with Crippen molar-refractivity contribution >= 4 is 29.9 Å². The summed E-state index contributed by atoms with van der Waals surface area (Å²) in [5.41, 5.74) is 0.890. The van der Waals surface area contributed by atoms with Crippen molar-refractivity contribution in [3.8, 4) is 17.2 Å². The Balaban J connectivity index is 0.00000625. The van der Waals surface area contributed by atoms with Gasteiger partial charge in [-0.25, -0.2) is 4.99 Å². The smallest absolute Gasteiger partial charge is 0.193 e. The summed E-state index contributed by atoms with van der Waals surface area (Å²) in [7, 11) is 6.92. The molecule has 0 saturated carbocycles. The predicted octanol–water partition coefficient (Wildman–Crippen LogP) is 3.69. The highest BCUT2D eigenvalue weighted by Gasteiger charge is 2.14. The van der Waals surface area contributed by atoms with Gasteiger partial charge >= 0.3 is 0 Å². The predicted molar refractivity (Wildman–Crippen MR) is 118 cm³/mol. The molecule has 0 radical (unpaired) electrons. The van der Waals surface area contributed by atoms with Crippen molar-refractivity contribution < 1.29 is 14.2 Å². The Kier molecular flexibility index (Phi) is 12.7. The van der Waals surface area contributed by atoms with Crippen LogP contribution < -0.4 is 19.5 Å². The van der Waals surface area contributed by atoms with Crippen LogP contribution in [-0.2, 0) is 6.54 Å². The SMILES string of the molecule is C=CCCCN(C)C(=NCc1c(OC)cc(OC)cc1OC)NCC.I. The number of ether oxygens (including phenoxy) is 3. The van der Waals surface area contributed by atoms with Crippen LogP contribution >= 0.6 is 24.0 Å². The topological polar surface area (TPSA) is 55.3 Å². The van der Waals surface area contributed by atoms with Gasteiger partial charge in [0, 0.05) is 32.3 Å². The summed E-state index contributed by atoms with van der Waals surface area (Å²) in [6.45, 7) is 7.99. The molecular weight excluding hydrogens is 445 g/mol. The van der Waals surface area contributed by atoms with Gasteiger partial charge in [0.15, 0.2) is 5.96 Å². The zero-order valence-electron chi connectivity index (χ0n) is 16.5. The molecule has 0 aliphatic rings. The maximum atomic E-state index is 5.49. The molecule has 0 heterocycles. The number of hydrogen-bond acceptors (Lipinski definition) is 4. The summed E-state index contributed by atoms with van der Waals surface area (Å²) in [4.78, 5) is 6.86. The molecule has 1 N–H and O–H groups in total. The lowest BCUT2D eigenvalue weighted by Crippen LogP contribution is -2.39. The number of guanidine groups is 1. The quantitative estimate of drug-likeness (QED) is 0.183. The van der Waals surface area contributed by atoms with Gasteiger partial charge in [0.2, 0.25) is 0 Å². The summed E-state index contributed by atoms with van der Waals surface area (Å²) in [6, 6.07) is 3.68. The number of halogens is 1. The molecule has 0 saturated heterocycles. The lowest BCUT2D eigenvalue weighted by atomic mass is 10.1. The number of hydrogen-bond donors (Lipinski definition) is 1. The summed E-state index contributed by atoms with van der Waals surface area (Å²) in [6.07, 6.45) is 3.97. The summed E-state index contributed by atoms with van der Waals surface area (Å²) >= 11 is 0. The number of benzene rings is 1. The second kappa shape index (κ2) is 13.5. The van der Waals surface area contributed by atoms with Gasteiger partial charge in [0.05, 0.1) is 33.4 Å². The van der Waals surface area contributed by atoms with Crippen LogP contribution in [0, 0.1) is 0 Å². The van der Waals surface area contributed by atoms with E-state index in [1.54, 1.807) is 21.3 Å². The van der Waals surface area contributed by atoms with Crippen molar-refractivity contribution in [2.75, 3.05) is 41.5 Å². The van der Waals surface area contributed by atoms with Crippen molar-refractivity contribution in [3.63, 3.8) is 0 Å². The van der Waals surface area contributed by atoms with Crippen molar-refractivity contribution in [1.82, 2.24) is 10.2 Å². The van der Waals surface area contributed by atoms with E-state index in [9.17, 15) is 0 Å². The van der Waals surface area contributed by atoms with Gasteiger partial charge < -0.3 is 24.4 Å². The van der Waals surface area contributed by atoms with Gasteiger partial charge in [0.25, 0.3) is 0 Å². The molecule has 0 aliphatic carbocycles. The number of methoxy groups -OCH3 is 3. The molecule has 0 aromatic heterocycles. The molecule has 7 heteroatoms. The average molecular weight is 477 g/mol. The van der Waals surface area contributed by atoms with Crippen LogP contribution in [-0.4, -0.2) is 52.3 Å². The fourth-order valence-corrected chi connectivity index (χ4v) is 2.44. The number of unbranched alkanes of at least 4 members (excludes halogenated alkanes) is 1. The van der Waals surface area contributed by atoms with E-state index in [-0.39, 0.29) is 24.0 Å². The van der Waals surface area contributed by atoms with Gasteiger partial charge in [-0.1, -0.05) is 6.08 Å². The first-order chi connectivity index (χ1) is 12.1. The van der Waals surface area contributed by atoms with Crippen molar-refractivity contribution in [2.45, 2.75) is 26.3 Å². The maximum Gasteiger partial charge on any atom is 0.193 e. The van der Waals surface area contributed by atoms with Crippen LogP contribution in [0.2, 0.25) is 0 Å². The van der Waals surface area contributed by atoms with Gasteiger partial charge in [-0.2, -0.15) is 0 Å². The lowest BCUT2D eigenvalue weighted by Gasteiger charge is -2.22. The Morgan fingerprint density at radius 3 is 2.27 bits per heavy atom. The Morgan fingerprint density at radius 2 is 1.81 bits per heavy atom. The number of nitrogens with zero attached hydrogens (tertiary/aromatic N) is 2. The highest BCUT2D eigenvalue weighted by molar-refractivity contribution is 14.0. The van der Waals surface area contributed by atoms with Gasteiger partial charge in [-0.05, 0) is 19.8 Å². The molecule has 0 unspecified atom stereocenters. The highest BCUT2D eigenvalue weighted by Crippen LogP contribution is 2.34. The molecule has 0 aliphatic heterocycles. The van der Waals surface area contributed by atoms with E-state index < -0.39 is 0 Å². The monoisotopic (exact) mass is 477 g/mol. The molecule has 1 aromatic carbocycles. The van der Waals surface area contributed by atoms with Crippen LogP contribution in [0.3, 0.4) is 0 Å². The summed E-state index contributed by atoms with van der Waals surface area (Å²) < 4.78 is 16.3. The van der Waals surface area contributed by atoms with Crippen LogP contribution in [0.25, 0.3) is 0 Å². The van der Waals surface area contributed by atoms with E-state index >= 15 is 0 Å². The average Bonchev–Trinajstić information content (AvgIpc) is 2.64. The number of nitrogens with one attached hydrogen (secondary N) is 1. The van der Waals surface area contributed by atoms with Gasteiger partial charge in [0.1, 0.15) is 17.2 Å². The van der Waals surface area contributed by atoms with E-state index in [1.807, 2.05) is 25.3 Å². The second-order valence-electron chi connectivity index (χ2n) is 5.53. The van der Waals surface area contributed by atoms with Crippen LogP contribution in [0.15, 0.2) is 29.8 Å². The Bertz CT molecular complexity index is 554. The van der Waals surface area contributed by atoms with E-state index in [1.165, 1.54) is 0 Å². The number of aliphatic imine (C=N–C) groups is 1. The minimum absolute atomic E-state index is 0. The first kappa shape index (κ1) is 24.4. The van der Waals surface area contributed by atoms with Crippen molar-refractivity contribution in [2.24, 2.45) is 4.99 Å². The summed E-state index contributed by atoms with van der Waals surface area (Å²) in [5, 5.41) is 3.32. The van der Waals surface area contributed by atoms with Crippen molar-refractivity contribution in [3.05, 3.63) is 30.4 Å². The molecule has 0 atom stereocenters. The molecule has 0 spiro atoms. The molecule has 1 aromatic rings. The third-order valence-electron chi connectivity index (χ3n) is 3.80. The van der Waals surface area contributed by atoms with E-state index in [4.69, 9.17) is 19.2 Å². The minimum Gasteiger partial charge on any atom is -0.496 e.